The third-order valence-corrected chi connectivity index (χ3v) is 4.21. The van der Waals surface area contributed by atoms with E-state index < -0.39 is 0 Å². The SMILES string of the molecule is Cn1ccc2c(C(=O)NC(c3ncon3)C3CC3)cccc21. The molecular formula is C16H16N4O2. The van der Waals surface area contributed by atoms with E-state index in [-0.39, 0.29) is 11.9 Å². The van der Waals surface area contributed by atoms with Crippen molar-refractivity contribution in [1.29, 1.82) is 0 Å². The minimum atomic E-state index is -0.176. The van der Waals surface area contributed by atoms with Crippen molar-refractivity contribution in [2.75, 3.05) is 0 Å². The van der Waals surface area contributed by atoms with Crippen LogP contribution in [0.4, 0.5) is 0 Å². The van der Waals surface area contributed by atoms with Crippen LogP contribution in [-0.4, -0.2) is 20.6 Å². The van der Waals surface area contributed by atoms with E-state index >= 15 is 0 Å². The monoisotopic (exact) mass is 296 g/mol. The van der Waals surface area contributed by atoms with Crippen LogP contribution in [0.1, 0.15) is 35.1 Å². The van der Waals surface area contributed by atoms with Crippen LogP contribution in [0.3, 0.4) is 0 Å². The maximum Gasteiger partial charge on any atom is 0.252 e. The number of fused-ring (bicyclic) bond motifs is 1. The summed E-state index contributed by atoms with van der Waals surface area (Å²) in [5.74, 6) is 0.853. The largest absolute Gasteiger partial charge is 0.351 e. The summed E-state index contributed by atoms with van der Waals surface area (Å²) in [6, 6.07) is 7.54. The molecule has 2 aromatic heterocycles. The summed E-state index contributed by atoms with van der Waals surface area (Å²) in [4.78, 5) is 16.8. The molecule has 0 spiro atoms. The number of hydrogen-bond acceptors (Lipinski definition) is 4. The van der Waals surface area contributed by atoms with Gasteiger partial charge in [-0.25, -0.2) is 0 Å². The summed E-state index contributed by atoms with van der Waals surface area (Å²) in [6.45, 7) is 0. The number of aromatic nitrogens is 3. The van der Waals surface area contributed by atoms with Gasteiger partial charge in [0.25, 0.3) is 5.91 Å². The molecular weight excluding hydrogens is 280 g/mol. The minimum absolute atomic E-state index is 0.0986. The fourth-order valence-corrected chi connectivity index (χ4v) is 2.86. The highest BCUT2D eigenvalue weighted by atomic mass is 16.5. The minimum Gasteiger partial charge on any atom is -0.351 e. The van der Waals surface area contributed by atoms with Crippen molar-refractivity contribution >= 4 is 16.8 Å². The molecule has 0 saturated heterocycles. The number of rotatable bonds is 4. The first-order chi connectivity index (χ1) is 10.7. The Balaban J connectivity index is 1.65. The Morgan fingerprint density at radius 1 is 1.41 bits per heavy atom. The molecule has 0 radical (unpaired) electrons. The Morgan fingerprint density at radius 3 is 3.00 bits per heavy atom. The normalized spacial score (nSPS) is 15.9. The summed E-state index contributed by atoms with van der Waals surface area (Å²) < 4.78 is 6.82. The van der Waals surface area contributed by atoms with Gasteiger partial charge in [-0.05, 0) is 37.0 Å². The number of carbonyl (C=O) groups excluding carboxylic acids is 1. The number of nitrogens with zero attached hydrogens (tertiary/aromatic N) is 3. The smallest absolute Gasteiger partial charge is 0.252 e. The maximum atomic E-state index is 12.7. The molecule has 1 saturated carbocycles. The first-order valence-electron chi connectivity index (χ1n) is 7.35. The number of hydrogen-bond donors (Lipinski definition) is 1. The zero-order chi connectivity index (χ0) is 15.1. The molecule has 0 aliphatic heterocycles. The van der Waals surface area contributed by atoms with Crippen LogP contribution < -0.4 is 5.32 Å². The molecule has 1 fully saturated rings. The van der Waals surface area contributed by atoms with E-state index in [0.717, 1.165) is 23.7 Å². The Morgan fingerprint density at radius 2 is 2.27 bits per heavy atom. The molecule has 1 amide bonds. The van der Waals surface area contributed by atoms with Gasteiger partial charge in [-0.1, -0.05) is 11.2 Å². The lowest BCUT2D eigenvalue weighted by Crippen LogP contribution is -2.30. The Bertz CT molecular complexity index is 818. The molecule has 1 N–H and O–H groups in total. The molecule has 1 aromatic carbocycles. The molecule has 6 heteroatoms. The van der Waals surface area contributed by atoms with E-state index in [1.54, 1.807) is 0 Å². The predicted molar refractivity (Wildman–Crippen MR) is 80.1 cm³/mol. The topological polar surface area (TPSA) is 73.0 Å². The first-order valence-corrected chi connectivity index (χ1v) is 7.35. The first kappa shape index (κ1) is 13.1. The highest BCUT2D eigenvalue weighted by Gasteiger charge is 2.36. The lowest BCUT2D eigenvalue weighted by atomic mass is 10.1. The highest BCUT2D eigenvalue weighted by molar-refractivity contribution is 6.06. The second kappa shape index (κ2) is 4.98. The molecule has 22 heavy (non-hydrogen) atoms. The zero-order valence-corrected chi connectivity index (χ0v) is 12.2. The van der Waals surface area contributed by atoms with Gasteiger partial charge in [-0.2, -0.15) is 4.98 Å². The van der Waals surface area contributed by atoms with Gasteiger partial charge in [-0.3, -0.25) is 4.79 Å². The molecule has 1 unspecified atom stereocenters. The average Bonchev–Trinajstić information content (AvgIpc) is 3.08. The standard InChI is InChI=1S/C16H16N4O2/c1-20-8-7-11-12(3-2-4-13(11)20)16(21)18-14(10-5-6-10)15-17-9-22-19-15/h2-4,7-10,14H,5-6H2,1H3,(H,18,21). The van der Waals surface area contributed by atoms with E-state index in [9.17, 15) is 4.79 Å². The second-order valence-electron chi connectivity index (χ2n) is 5.74. The van der Waals surface area contributed by atoms with Gasteiger partial charge in [0.05, 0.1) is 6.04 Å². The van der Waals surface area contributed by atoms with Gasteiger partial charge in [0.2, 0.25) is 6.39 Å². The lowest BCUT2D eigenvalue weighted by Gasteiger charge is -2.15. The highest BCUT2D eigenvalue weighted by Crippen LogP contribution is 2.40. The van der Waals surface area contributed by atoms with Crippen molar-refractivity contribution in [3.8, 4) is 0 Å². The molecule has 3 aromatic rings. The van der Waals surface area contributed by atoms with E-state index in [1.807, 2.05) is 42.1 Å². The van der Waals surface area contributed by atoms with Crippen LogP contribution in [0.25, 0.3) is 10.9 Å². The predicted octanol–water partition coefficient (Wildman–Crippen LogP) is 2.44. The summed E-state index contributed by atoms with van der Waals surface area (Å²) in [5.41, 5.74) is 1.71. The zero-order valence-electron chi connectivity index (χ0n) is 12.2. The number of benzene rings is 1. The molecule has 1 atom stereocenters. The second-order valence-corrected chi connectivity index (χ2v) is 5.74. The van der Waals surface area contributed by atoms with Crippen molar-refractivity contribution < 1.29 is 9.32 Å². The van der Waals surface area contributed by atoms with Gasteiger partial charge in [0, 0.05) is 29.7 Å². The fourth-order valence-electron chi connectivity index (χ4n) is 2.86. The Hall–Kier alpha value is -2.63. The summed E-state index contributed by atoms with van der Waals surface area (Å²) in [7, 11) is 1.97. The van der Waals surface area contributed by atoms with Gasteiger partial charge in [-0.15, -0.1) is 0 Å². The summed E-state index contributed by atoms with van der Waals surface area (Å²) in [6.07, 6.45) is 5.41. The van der Waals surface area contributed by atoms with Gasteiger partial charge in [0.1, 0.15) is 0 Å². The molecule has 2 heterocycles. The maximum absolute atomic E-state index is 12.7. The molecule has 6 nitrogen and oxygen atoms in total. The summed E-state index contributed by atoms with van der Waals surface area (Å²) in [5, 5.41) is 7.90. The summed E-state index contributed by atoms with van der Waals surface area (Å²) >= 11 is 0. The lowest BCUT2D eigenvalue weighted by molar-refractivity contribution is 0.0930. The van der Waals surface area contributed by atoms with Gasteiger partial charge < -0.3 is 14.4 Å². The van der Waals surface area contributed by atoms with E-state index in [0.29, 0.717) is 17.3 Å². The van der Waals surface area contributed by atoms with Crippen molar-refractivity contribution in [2.24, 2.45) is 13.0 Å². The number of carbonyl (C=O) groups is 1. The van der Waals surface area contributed by atoms with Crippen molar-refractivity contribution in [1.82, 2.24) is 20.0 Å². The van der Waals surface area contributed by atoms with Crippen LogP contribution in [0.5, 0.6) is 0 Å². The Labute approximate surface area is 127 Å². The van der Waals surface area contributed by atoms with E-state index in [4.69, 9.17) is 4.52 Å². The van der Waals surface area contributed by atoms with Crippen LogP contribution in [0.2, 0.25) is 0 Å². The van der Waals surface area contributed by atoms with Crippen LogP contribution in [-0.2, 0) is 7.05 Å². The van der Waals surface area contributed by atoms with Crippen molar-refractivity contribution in [3.63, 3.8) is 0 Å². The van der Waals surface area contributed by atoms with Gasteiger partial charge in [0.15, 0.2) is 5.82 Å². The van der Waals surface area contributed by atoms with Crippen molar-refractivity contribution in [2.45, 2.75) is 18.9 Å². The third-order valence-electron chi connectivity index (χ3n) is 4.21. The molecule has 0 bridgehead atoms. The van der Waals surface area contributed by atoms with Crippen LogP contribution in [0.15, 0.2) is 41.4 Å². The molecule has 112 valence electrons. The van der Waals surface area contributed by atoms with E-state index in [2.05, 4.69) is 15.5 Å². The molecule has 1 aliphatic carbocycles. The number of aryl methyl sites for hydroxylation is 1. The molecule has 1 aliphatic rings. The number of amides is 1. The average molecular weight is 296 g/mol. The van der Waals surface area contributed by atoms with Crippen molar-refractivity contribution in [3.05, 3.63) is 48.2 Å². The quantitative estimate of drug-likeness (QED) is 0.802. The van der Waals surface area contributed by atoms with E-state index in [1.165, 1.54) is 6.39 Å². The fraction of sp³-hybridized carbons (Fsp3) is 0.312. The molecule has 4 rings (SSSR count). The third kappa shape index (κ3) is 2.16. The number of nitrogens with one attached hydrogen (secondary N) is 1. The Kier molecular flexibility index (Phi) is 2.96. The van der Waals surface area contributed by atoms with Gasteiger partial charge >= 0.3 is 0 Å². The van der Waals surface area contributed by atoms with Crippen LogP contribution in [0, 0.1) is 5.92 Å². The van der Waals surface area contributed by atoms with Crippen LogP contribution >= 0.6 is 0 Å².